The summed E-state index contributed by atoms with van der Waals surface area (Å²) in [5.74, 6) is -3.88. The van der Waals surface area contributed by atoms with Crippen LogP contribution in [0.1, 0.15) is 29.8 Å². The summed E-state index contributed by atoms with van der Waals surface area (Å²) in [7, 11) is 1.28. The fourth-order valence-electron chi connectivity index (χ4n) is 4.26. The number of fused-ring (bicyclic) bond motifs is 1. The zero-order chi connectivity index (χ0) is 26.9. The van der Waals surface area contributed by atoms with Crippen molar-refractivity contribution in [1.82, 2.24) is 4.90 Å². The molecule has 0 saturated carbocycles. The molecule has 0 spiro atoms. The lowest BCUT2D eigenvalue weighted by atomic mass is 10.00. The number of amides is 3. The molecule has 1 unspecified atom stereocenters. The fraction of sp³-hybridized carbons (Fsp3) is 0.222. The van der Waals surface area contributed by atoms with Gasteiger partial charge in [-0.15, -0.1) is 0 Å². The number of carbonyl (C=O) groups excluding carboxylic acids is 3. The number of ether oxygens (including phenoxy) is 1. The van der Waals surface area contributed by atoms with Gasteiger partial charge in [0.1, 0.15) is 11.9 Å². The first-order valence-corrected chi connectivity index (χ1v) is 11.4. The average Bonchev–Trinajstić information content (AvgIpc) is 3.17. The van der Waals surface area contributed by atoms with E-state index in [0.29, 0.717) is 16.7 Å². The van der Waals surface area contributed by atoms with Crippen molar-refractivity contribution in [2.24, 2.45) is 5.92 Å². The summed E-state index contributed by atoms with van der Waals surface area (Å²) in [5, 5.41) is 4.62. The maximum atomic E-state index is 14.8. The lowest BCUT2D eigenvalue weighted by molar-refractivity contribution is -0.147. The lowest BCUT2D eigenvalue weighted by Gasteiger charge is -2.28. The van der Waals surface area contributed by atoms with Gasteiger partial charge in [-0.05, 0) is 52.9 Å². The molecule has 0 radical (unpaired) electrons. The van der Waals surface area contributed by atoms with E-state index in [1.165, 1.54) is 30.2 Å². The average molecular weight is 512 g/mol. The highest BCUT2D eigenvalue weighted by atomic mass is 19.2. The van der Waals surface area contributed by atoms with Crippen molar-refractivity contribution in [3.63, 3.8) is 0 Å². The van der Waals surface area contributed by atoms with Gasteiger partial charge < -0.3 is 20.3 Å². The van der Waals surface area contributed by atoms with Crippen LogP contribution >= 0.6 is 0 Å². The summed E-state index contributed by atoms with van der Waals surface area (Å²) >= 11 is 0. The van der Waals surface area contributed by atoms with E-state index in [4.69, 9.17) is 4.74 Å². The first-order valence-electron chi connectivity index (χ1n) is 11.4. The highest BCUT2D eigenvalue weighted by Gasteiger charge is 2.38. The van der Waals surface area contributed by atoms with Gasteiger partial charge in [-0.25, -0.2) is 22.8 Å². The van der Waals surface area contributed by atoms with Crippen molar-refractivity contribution >= 4 is 29.3 Å². The number of rotatable bonds is 6. The van der Waals surface area contributed by atoms with E-state index >= 15 is 0 Å². The number of nitrogens with one attached hydrogen (secondary N) is 2. The monoisotopic (exact) mass is 511 g/mol. The molecular formula is C27H24F3N3O4. The molecule has 1 heterocycles. The largest absolute Gasteiger partial charge is 0.467 e. The Hall–Kier alpha value is -4.34. The van der Waals surface area contributed by atoms with Crippen molar-refractivity contribution in [2.45, 2.75) is 26.4 Å². The van der Waals surface area contributed by atoms with E-state index in [9.17, 15) is 27.6 Å². The molecule has 0 fully saturated rings. The van der Waals surface area contributed by atoms with Gasteiger partial charge in [0, 0.05) is 23.9 Å². The molecule has 1 atom stereocenters. The summed E-state index contributed by atoms with van der Waals surface area (Å²) in [6, 6.07) is 10.5. The summed E-state index contributed by atoms with van der Waals surface area (Å²) in [5.41, 5.74) is 2.06. The van der Waals surface area contributed by atoms with Crippen LogP contribution in [-0.4, -0.2) is 36.0 Å². The number of hydrogen-bond donors (Lipinski definition) is 2. The van der Waals surface area contributed by atoms with Crippen LogP contribution in [0.4, 0.5) is 29.3 Å². The third kappa shape index (κ3) is 5.28. The molecule has 7 nitrogen and oxygen atoms in total. The molecule has 192 valence electrons. The van der Waals surface area contributed by atoms with Crippen LogP contribution in [0.25, 0.3) is 11.1 Å². The van der Waals surface area contributed by atoms with Crippen molar-refractivity contribution in [2.75, 3.05) is 17.7 Å². The highest BCUT2D eigenvalue weighted by Crippen LogP contribution is 2.32. The molecule has 0 saturated heterocycles. The number of methoxy groups -OCH3 is 1. The third-order valence-electron chi connectivity index (χ3n) is 6.08. The van der Waals surface area contributed by atoms with E-state index in [-0.39, 0.29) is 29.7 Å². The van der Waals surface area contributed by atoms with E-state index in [2.05, 4.69) is 10.6 Å². The molecule has 0 aromatic heterocycles. The van der Waals surface area contributed by atoms with Gasteiger partial charge in [0.15, 0.2) is 11.6 Å². The second-order valence-corrected chi connectivity index (χ2v) is 8.92. The minimum Gasteiger partial charge on any atom is -0.467 e. The molecule has 1 aliphatic heterocycles. The Morgan fingerprint density at radius 3 is 2.24 bits per heavy atom. The molecule has 2 N–H and O–H groups in total. The van der Waals surface area contributed by atoms with Crippen LogP contribution < -0.4 is 10.6 Å². The van der Waals surface area contributed by atoms with Crippen LogP contribution in [0.15, 0.2) is 54.6 Å². The predicted octanol–water partition coefficient (Wildman–Crippen LogP) is 5.57. The number of benzene rings is 3. The van der Waals surface area contributed by atoms with Gasteiger partial charge in [0.2, 0.25) is 0 Å². The molecule has 3 aromatic rings. The van der Waals surface area contributed by atoms with Crippen LogP contribution in [0, 0.1) is 23.4 Å². The van der Waals surface area contributed by atoms with E-state index in [0.717, 1.165) is 17.7 Å². The Morgan fingerprint density at radius 2 is 1.59 bits per heavy atom. The molecule has 1 aliphatic rings. The molecule has 0 bridgehead atoms. The maximum absolute atomic E-state index is 14.8. The number of urea groups is 1. The Balaban J connectivity index is 1.51. The smallest absolute Gasteiger partial charge is 0.328 e. The second-order valence-electron chi connectivity index (χ2n) is 8.92. The molecule has 10 heteroatoms. The van der Waals surface area contributed by atoms with Crippen LogP contribution in [0.5, 0.6) is 0 Å². The Labute approximate surface area is 211 Å². The standard InChI is InChI=1S/C27H24F3N3O4/c1-14(2)24(26(35)37-3)33-13-17-5-4-15(10-19(17)25(33)34)16-6-9-23(22(30)11-16)32-27(36)31-18-7-8-20(28)21(29)12-18/h4-12,14,24H,13H2,1-3H3,(H2,31,32,36). The number of hydrogen-bond acceptors (Lipinski definition) is 4. The van der Waals surface area contributed by atoms with Gasteiger partial charge in [0.25, 0.3) is 5.91 Å². The van der Waals surface area contributed by atoms with Gasteiger partial charge in [0.05, 0.1) is 12.8 Å². The van der Waals surface area contributed by atoms with E-state index in [1.807, 2.05) is 13.8 Å². The van der Waals surface area contributed by atoms with Crippen molar-refractivity contribution in [3.05, 3.63) is 83.2 Å². The van der Waals surface area contributed by atoms with Gasteiger partial charge >= 0.3 is 12.0 Å². The molecule has 3 aromatic carbocycles. The topological polar surface area (TPSA) is 87.7 Å². The quantitative estimate of drug-likeness (QED) is 0.424. The fourth-order valence-corrected chi connectivity index (χ4v) is 4.26. The summed E-state index contributed by atoms with van der Waals surface area (Å²) in [6.45, 7) is 3.93. The molecule has 0 aliphatic carbocycles. The number of nitrogens with zero attached hydrogens (tertiary/aromatic N) is 1. The minimum atomic E-state index is -1.13. The second kappa shape index (κ2) is 10.3. The highest BCUT2D eigenvalue weighted by molar-refractivity contribution is 6.02. The number of anilines is 2. The lowest BCUT2D eigenvalue weighted by Crippen LogP contribution is -2.45. The van der Waals surface area contributed by atoms with Crippen molar-refractivity contribution in [3.8, 4) is 11.1 Å². The molecular weight excluding hydrogens is 487 g/mol. The van der Waals surface area contributed by atoms with E-state index < -0.39 is 35.5 Å². The van der Waals surface area contributed by atoms with Gasteiger partial charge in [-0.2, -0.15) is 0 Å². The van der Waals surface area contributed by atoms with Gasteiger partial charge in [-0.3, -0.25) is 4.79 Å². The SMILES string of the molecule is COC(=O)C(C(C)C)N1Cc2ccc(-c3ccc(NC(=O)Nc4ccc(F)c(F)c4)c(F)c3)cc2C1=O. The summed E-state index contributed by atoms with van der Waals surface area (Å²) in [6.07, 6.45) is 0. The zero-order valence-electron chi connectivity index (χ0n) is 20.3. The Morgan fingerprint density at radius 1 is 0.892 bits per heavy atom. The first kappa shape index (κ1) is 25.7. The number of halogens is 3. The molecule has 4 rings (SSSR count). The number of esters is 1. The molecule has 3 amide bonds. The third-order valence-corrected chi connectivity index (χ3v) is 6.08. The molecule has 37 heavy (non-hydrogen) atoms. The maximum Gasteiger partial charge on any atom is 0.328 e. The van der Waals surface area contributed by atoms with Gasteiger partial charge in [-0.1, -0.05) is 32.0 Å². The Bertz CT molecular complexity index is 1390. The summed E-state index contributed by atoms with van der Waals surface area (Å²) < 4.78 is 46.1. The Kier molecular flexibility index (Phi) is 7.19. The van der Waals surface area contributed by atoms with Crippen LogP contribution in [0.3, 0.4) is 0 Å². The van der Waals surface area contributed by atoms with Crippen molar-refractivity contribution in [1.29, 1.82) is 0 Å². The van der Waals surface area contributed by atoms with Crippen molar-refractivity contribution < 1.29 is 32.3 Å². The van der Waals surface area contributed by atoms with Crippen LogP contribution in [0.2, 0.25) is 0 Å². The predicted molar refractivity (Wildman–Crippen MR) is 131 cm³/mol. The van der Waals surface area contributed by atoms with E-state index in [1.54, 1.807) is 24.3 Å². The zero-order valence-corrected chi connectivity index (χ0v) is 20.3. The summed E-state index contributed by atoms with van der Waals surface area (Å²) in [4.78, 5) is 39.1. The van der Waals surface area contributed by atoms with Crippen LogP contribution in [-0.2, 0) is 16.1 Å². The number of carbonyl (C=O) groups is 3. The minimum absolute atomic E-state index is 0.00261. The first-order chi connectivity index (χ1) is 17.6. The normalized spacial score (nSPS) is 13.4.